The number of rotatable bonds is 6. The second-order valence-electron chi connectivity index (χ2n) is 3.90. The highest BCUT2D eigenvalue weighted by molar-refractivity contribution is 6.33. The fourth-order valence-electron chi connectivity index (χ4n) is 1.59. The number of amides is 1. The first-order chi connectivity index (χ1) is 8.67. The number of para-hydroxylation sites is 1. The second kappa shape index (κ2) is 7.70. The van der Waals surface area contributed by atoms with E-state index < -0.39 is 0 Å². The van der Waals surface area contributed by atoms with Gasteiger partial charge in [0.1, 0.15) is 0 Å². The van der Waals surface area contributed by atoms with Crippen LogP contribution in [0.5, 0.6) is 0 Å². The van der Waals surface area contributed by atoms with Gasteiger partial charge in [0.15, 0.2) is 0 Å². The number of hydrogen-bond acceptors (Lipinski definition) is 3. The van der Waals surface area contributed by atoms with E-state index in [-0.39, 0.29) is 19.0 Å². The van der Waals surface area contributed by atoms with E-state index in [1.807, 2.05) is 6.92 Å². The van der Waals surface area contributed by atoms with Crippen LogP contribution >= 0.6 is 11.6 Å². The molecule has 1 aromatic carbocycles. The Morgan fingerprint density at radius 3 is 2.83 bits per heavy atom. The molecule has 0 unspecified atom stereocenters. The quantitative estimate of drug-likeness (QED) is 0.804. The number of benzene rings is 1. The number of carbonyl (C=O) groups excluding carboxylic acids is 1. The Hall–Kier alpha value is -1.57. The maximum atomic E-state index is 11.8. The minimum atomic E-state index is -0.160. The third-order valence-corrected chi connectivity index (χ3v) is 2.68. The van der Waals surface area contributed by atoms with Crippen molar-refractivity contribution in [1.29, 1.82) is 5.26 Å². The van der Waals surface area contributed by atoms with Crippen molar-refractivity contribution in [1.82, 2.24) is 4.90 Å². The summed E-state index contributed by atoms with van der Waals surface area (Å²) >= 11 is 5.95. The number of nitrogens with one attached hydrogen (secondary N) is 1. The summed E-state index contributed by atoms with van der Waals surface area (Å²) in [4.78, 5) is 13.6. The average molecular weight is 266 g/mol. The lowest BCUT2D eigenvalue weighted by atomic mass is 10.3. The monoisotopic (exact) mass is 265 g/mol. The molecule has 0 aliphatic rings. The van der Waals surface area contributed by atoms with E-state index in [9.17, 15) is 4.79 Å². The highest BCUT2D eigenvalue weighted by atomic mass is 35.5. The van der Waals surface area contributed by atoms with Crippen molar-refractivity contribution in [2.24, 2.45) is 0 Å². The maximum absolute atomic E-state index is 11.8. The summed E-state index contributed by atoms with van der Waals surface area (Å²) in [6, 6.07) is 9.13. The predicted molar refractivity (Wildman–Crippen MR) is 72.4 cm³/mol. The van der Waals surface area contributed by atoms with Crippen molar-refractivity contribution >= 4 is 23.2 Å². The molecule has 0 fully saturated rings. The smallest absolute Gasteiger partial charge is 0.238 e. The molecule has 18 heavy (non-hydrogen) atoms. The predicted octanol–water partition coefficient (Wildman–Crippen LogP) is 2.51. The highest BCUT2D eigenvalue weighted by Crippen LogP contribution is 2.20. The fraction of sp³-hybridized carbons (Fsp3) is 0.385. The first-order valence-electron chi connectivity index (χ1n) is 5.81. The number of anilines is 1. The fourth-order valence-corrected chi connectivity index (χ4v) is 1.77. The van der Waals surface area contributed by atoms with Gasteiger partial charge in [0.25, 0.3) is 0 Å². The lowest BCUT2D eigenvalue weighted by Crippen LogP contribution is -2.34. The van der Waals surface area contributed by atoms with Gasteiger partial charge in [-0.25, -0.2) is 0 Å². The third kappa shape index (κ3) is 4.74. The molecule has 1 amide bonds. The van der Waals surface area contributed by atoms with E-state index in [4.69, 9.17) is 16.9 Å². The van der Waals surface area contributed by atoms with E-state index in [1.165, 1.54) is 0 Å². The Bertz CT molecular complexity index is 442. The van der Waals surface area contributed by atoms with Gasteiger partial charge in [0.2, 0.25) is 5.91 Å². The van der Waals surface area contributed by atoms with Crippen LogP contribution in [0, 0.1) is 11.3 Å². The van der Waals surface area contributed by atoms with Crippen molar-refractivity contribution in [2.45, 2.75) is 13.3 Å². The number of hydrogen-bond donors (Lipinski definition) is 1. The minimum absolute atomic E-state index is 0.160. The van der Waals surface area contributed by atoms with Crippen molar-refractivity contribution < 1.29 is 4.79 Å². The molecular weight excluding hydrogens is 250 g/mol. The van der Waals surface area contributed by atoms with Crippen LogP contribution in [0.1, 0.15) is 13.3 Å². The number of nitriles is 1. The Morgan fingerprint density at radius 1 is 1.50 bits per heavy atom. The molecule has 1 rings (SSSR count). The zero-order chi connectivity index (χ0) is 13.4. The molecule has 1 aromatic rings. The Balaban J connectivity index is 2.55. The summed E-state index contributed by atoms with van der Waals surface area (Å²) < 4.78 is 0. The first kappa shape index (κ1) is 14.5. The van der Waals surface area contributed by atoms with Crippen molar-refractivity contribution in [2.75, 3.05) is 25.0 Å². The van der Waals surface area contributed by atoms with Crippen LogP contribution in [0.4, 0.5) is 5.69 Å². The Kier molecular flexibility index (Phi) is 6.20. The zero-order valence-electron chi connectivity index (χ0n) is 10.3. The molecule has 0 aliphatic carbocycles. The van der Waals surface area contributed by atoms with Gasteiger partial charge in [-0.15, -0.1) is 0 Å². The molecule has 0 radical (unpaired) electrons. The van der Waals surface area contributed by atoms with Gasteiger partial charge in [-0.2, -0.15) is 5.26 Å². The van der Waals surface area contributed by atoms with E-state index in [2.05, 4.69) is 11.4 Å². The molecule has 0 saturated heterocycles. The zero-order valence-corrected chi connectivity index (χ0v) is 11.1. The van der Waals surface area contributed by atoms with Crippen LogP contribution in [0.25, 0.3) is 0 Å². The summed E-state index contributed by atoms with van der Waals surface area (Å²) in [6.45, 7) is 3.19. The molecule has 0 aromatic heterocycles. The first-order valence-corrected chi connectivity index (χ1v) is 6.18. The molecule has 0 bridgehead atoms. The molecule has 0 saturated carbocycles. The molecule has 5 heteroatoms. The lowest BCUT2D eigenvalue weighted by Gasteiger charge is -2.17. The molecule has 0 atom stereocenters. The number of carbonyl (C=O) groups is 1. The van der Waals surface area contributed by atoms with Gasteiger partial charge in [0.05, 0.1) is 29.9 Å². The maximum Gasteiger partial charge on any atom is 0.238 e. The van der Waals surface area contributed by atoms with E-state index in [0.717, 1.165) is 13.0 Å². The lowest BCUT2D eigenvalue weighted by molar-refractivity contribution is -0.117. The largest absolute Gasteiger partial charge is 0.324 e. The molecule has 0 spiro atoms. The van der Waals surface area contributed by atoms with Crippen molar-refractivity contribution in [3.05, 3.63) is 29.3 Å². The molecule has 4 nitrogen and oxygen atoms in total. The number of nitrogens with zero attached hydrogens (tertiary/aromatic N) is 2. The Morgan fingerprint density at radius 2 is 2.22 bits per heavy atom. The molecule has 1 N–H and O–H groups in total. The average Bonchev–Trinajstić information content (AvgIpc) is 2.33. The van der Waals surface area contributed by atoms with E-state index in [1.54, 1.807) is 29.2 Å². The normalized spacial score (nSPS) is 10.1. The molecule has 96 valence electrons. The summed E-state index contributed by atoms with van der Waals surface area (Å²) in [5, 5.41) is 11.9. The SMILES string of the molecule is CCCN(CC#N)CC(=O)Nc1ccccc1Cl. The topological polar surface area (TPSA) is 56.1 Å². The number of halogens is 1. The van der Waals surface area contributed by atoms with Crippen LogP contribution in [-0.2, 0) is 4.79 Å². The van der Waals surface area contributed by atoms with Gasteiger partial charge in [-0.05, 0) is 25.1 Å². The van der Waals surface area contributed by atoms with Crippen molar-refractivity contribution in [3.63, 3.8) is 0 Å². The van der Waals surface area contributed by atoms with E-state index >= 15 is 0 Å². The van der Waals surface area contributed by atoms with Gasteiger partial charge in [-0.1, -0.05) is 30.7 Å². The third-order valence-electron chi connectivity index (χ3n) is 2.35. The van der Waals surface area contributed by atoms with Crippen LogP contribution in [-0.4, -0.2) is 30.4 Å². The summed E-state index contributed by atoms with van der Waals surface area (Å²) in [5.74, 6) is -0.160. The molecule has 0 heterocycles. The minimum Gasteiger partial charge on any atom is -0.324 e. The van der Waals surface area contributed by atoms with Crippen LogP contribution in [0.15, 0.2) is 24.3 Å². The standard InChI is InChI=1S/C13H16ClN3O/c1-2-8-17(9-7-15)10-13(18)16-12-6-4-3-5-11(12)14/h3-6H,2,8-10H2,1H3,(H,16,18). The van der Waals surface area contributed by atoms with Crippen LogP contribution in [0.2, 0.25) is 5.02 Å². The summed E-state index contributed by atoms with van der Waals surface area (Å²) in [7, 11) is 0. The molecular formula is C13H16ClN3O. The van der Waals surface area contributed by atoms with Crippen LogP contribution in [0.3, 0.4) is 0 Å². The van der Waals surface area contributed by atoms with Gasteiger partial charge >= 0.3 is 0 Å². The van der Waals surface area contributed by atoms with Gasteiger partial charge in [0, 0.05) is 0 Å². The van der Waals surface area contributed by atoms with Crippen molar-refractivity contribution in [3.8, 4) is 6.07 Å². The molecule has 0 aliphatic heterocycles. The highest BCUT2D eigenvalue weighted by Gasteiger charge is 2.10. The van der Waals surface area contributed by atoms with E-state index in [0.29, 0.717) is 10.7 Å². The Labute approximate surface area is 112 Å². The second-order valence-corrected chi connectivity index (χ2v) is 4.30. The summed E-state index contributed by atoms with van der Waals surface area (Å²) in [5.41, 5.74) is 0.595. The van der Waals surface area contributed by atoms with Gasteiger partial charge in [-0.3, -0.25) is 9.69 Å². The van der Waals surface area contributed by atoms with Gasteiger partial charge < -0.3 is 5.32 Å². The summed E-state index contributed by atoms with van der Waals surface area (Å²) in [6.07, 6.45) is 0.904. The van der Waals surface area contributed by atoms with Crippen LogP contribution < -0.4 is 5.32 Å².